The molecule has 168 valence electrons. The smallest absolute Gasteiger partial charge is 0.344 e. The van der Waals surface area contributed by atoms with Gasteiger partial charge in [0.15, 0.2) is 22.2 Å². The Hall–Kier alpha value is -3.06. The van der Waals surface area contributed by atoms with Crippen molar-refractivity contribution in [2.24, 2.45) is 11.1 Å². The van der Waals surface area contributed by atoms with Crippen LogP contribution >= 0.6 is 11.3 Å². The number of amides is 1. The predicted molar refractivity (Wildman–Crippen MR) is 106 cm³/mol. The van der Waals surface area contributed by atoms with Crippen LogP contribution in [0.5, 0.6) is 0 Å². The molecule has 1 aromatic rings. The number of nitrogens with two attached hydrogens (primary N) is 1. The average molecular weight is 454 g/mol. The number of ketones is 1. The largest absolute Gasteiger partial charge is 0.479 e. The summed E-state index contributed by atoms with van der Waals surface area (Å²) in [5, 5.41) is 24.4. The number of hydrogen-bond acceptors (Lipinski definition) is 10. The summed E-state index contributed by atoms with van der Waals surface area (Å²) in [4.78, 5) is 62.0. The quantitative estimate of drug-likeness (QED) is 0.258. The molecule has 0 unspecified atom stereocenters. The maximum atomic E-state index is 12.9. The molecular formula is C18H22N4O8S. The number of carbonyl (C=O) groups excluding carboxylic acids is 2. The summed E-state index contributed by atoms with van der Waals surface area (Å²) in [7, 11) is 0. The number of carboxylic acids is 2. The number of Topliss-reactive ketones (excluding diaryl/α,β-unsaturated/α-hetero) is 1. The molecule has 2 fully saturated rings. The number of thiazole rings is 1. The van der Waals surface area contributed by atoms with Crippen LogP contribution in [0.3, 0.4) is 0 Å². The Kier molecular flexibility index (Phi) is 6.00. The Labute approximate surface area is 180 Å². The summed E-state index contributed by atoms with van der Waals surface area (Å²) < 4.78 is 0. The molecule has 1 atom stereocenters. The lowest BCUT2D eigenvalue weighted by Crippen LogP contribution is -2.71. The van der Waals surface area contributed by atoms with Gasteiger partial charge in [0.2, 0.25) is 6.61 Å². The summed E-state index contributed by atoms with van der Waals surface area (Å²) in [5.74, 6) is -4.33. The topological polar surface area (TPSA) is 182 Å². The lowest BCUT2D eigenvalue weighted by atomic mass is 9.74. The van der Waals surface area contributed by atoms with Crippen molar-refractivity contribution in [1.29, 1.82) is 0 Å². The van der Waals surface area contributed by atoms with E-state index in [-0.39, 0.29) is 23.0 Å². The van der Waals surface area contributed by atoms with Crippen LogP contribution in [0.2, 0.25) is 0 Å². The number of β-lactam (4-membered cyclic amide) rings is 1. The predicted octanol–water partition coefficient (Wildman–Crippen LogP) is 0.666. The maximum Gasteiger partial charge on any atom is 0.344 e. The van der Waals surface area contributed by atoms with E-state index in [1.165, 1.54) is 5.38 Å². The van der Waals surface area contributed by atoms with Gasteiger partial charge in [0, 0.05) is 11.8 Å². The van der Waals surface area contributed by atoms with E-state index in [1.54, 1.807) is 13.8 Å². The third-order valence-electron chi connectivity index (χ3n) is 5.45. The van der Waals surface area contributed by atoms with Gasteiger partial charge in [-0.25, -0.2) is 19.6 Å². The van der Waals surface area contributed by atoms with Gasteiger partial charge in [-0.1, -0.05) is 5.16 Å². The van der Waals surface area contributed by atoms with E-state index in [9.17, 15) is 24.3 Å². The summed E-state index contributed by atoms with van der Waals surface area (Å²) in [6.07, 6.45) is 1.01. The van der Waals surface area contributed by atoms with Crippen LogP contribution in [0.4, 0.5) is 5.13 Å². The highest BCUT2D eigenvalue weighted by Gasteiger charge is 2.60. The van der Waals surface area contributed by atoms with E-state index in [1.807, 2.05) is 0 Å². The highest BCUT2D eigenvalue weighted by atomic mass is 32.1. The Morgan fingerprint density at radius 2 is 2.03 bits per heavy atom. The van der Waals surface area contributed by atoms with Crippen LogP contribution in [-0.2, 0) is 28.9 Å². The van der Waals surface area contributed by atoms with Gasteiger partial charge in [-0.2, -0.15) is 0 Å². The van der Waals surface area contributed by atoms with Crippen molar-refractivity contribution in [3.8, 4) is 0 Å². The van der Waals surface area contributed by atoms with Gasteiger partial charge in [-0.3, -0.25) is 14.4 Å². The number of nitrogen functional groups attached to an aromatic ring is 1. The van der Waals surface area contributed by atoms with Crippen molar-refractivity contribution in [1.82, 2.24) is 10.0 Å². The first-order chi connectivity index (χ1) is 14.5. The molecule has 1 saturated heterocycles. The van der Waals surface area contributed by atoms with Crippen molar-refractivity contribution >= 4 is 45.8 Å². The third kappa shape index (κ3) is 4.23. The number of aromatic nitrogens is 1. The molecule has 0 aromatic carbocycles. The fourth-order valence-corrected chi connectivity index (χ4v) is 3.94. The number of rotatable bonds is 10. The molecule has 0 spiro atoms. The summed E-state index contributed by atoms with van der Waals surface area (Å²) in [6.45, 7) is 2.57. The van der Waals surface area contributed by atoms with E-state index in [4.69, 9.17) is 20.5 Å². The second-order valence-electron chi connectivity index (χ2n) is 7.89. The highest BCUT2D eigenvalue weighted by molar-refractivity contribution is 7.13. The van der Waals surface area contributed by atoms with Crippen LogP contribution in [0.1, 0.15) is 45.2 Å². The van der Waals surface area contributed by atoms with Gasteiger partial charge < -0.3 is 20.8 Å². The molecule has 13 heteroatoms. The minimum Gasteiger partial charge on any atom is -0.479 e. The van der Waals surface area contributed by atoms with Gasteiger partial charge in [0.25, 0.3) is 5.91 Å². The molecule has 4 N–H and O–H groups in total. The molecule has 1 saturated carbocycles. The van der Waals surface area contributed by atoms with Crippen molar-refractivity contribution in [2.75, 3.05) is 12.3 Å². The van der Waals surface area contributed by atoms with Crippen LogP contribution < -0.4 is 5.73 Å². The Morgan fingerprint density at radius 3 is 2.48 bits per heavy atom. The average Bonchev–Trinajstić information content (AvgIpc) is 3.07. The zero-order valence-corrected chi connectivity index (χ0v) is 17.7. The number of nitrogens with zero attached hydrogens (tertiary/aromatic N) is 3. The van der Waals surface area contributed by atoms with Crippen LogP contribution in [0.25, 0.3) is 0 Å². The number of anilines is 1. The molecule has 2 aliphatic rings. The second kappa shape index (κ2) is 8.23. The van der Waals surface area contributed by atoms with E-state index in [0.29, 0.717) is 19.3 Å². The van der Waals surface area contributed by atoms with E-state index >= 15 is 0 Å². The van der Waals surface area contributed by atoms with Crippen LogP contribution in [0, 0.1) is 5.92 Å². The molecule has 1 amide bonds. The Balaban J connectivity index is 1.74. The fraction of sp³-hybridized carbons (Fsp3) is 0.556. The minimum atomic E-state index is -1.42. The van der Waals surface area contributed by atoms with Crippen LogP contribution in [0.15, 0.2) is 10.5 Å². The lowest BCUT2D eigenvalue weighted by molar-refractivity contribution is -0.322. The Bertz CT molecular complexity index is 952. The van der Waals surface area contributed by atoms with Crippen LogP contribution in [-0.4, -0.2) is 67.3 Å². The van der Waals surface area contributed by atoms with E-state index in [0.717, 1.165) is 16.4 Å². The molecule has 2 heterocycles. The normalized spacial score (nSPS) is 21.7. The molecule has 31 heavy (non-hydrogen) atoms. The van der Waals surface area contributed by atoms with Gasteiger partial charge >= 0.3 is 11.9 Å². The Morgan fingerprint density at radius 1 is 1.35 bits per heavy atom. The highest BCUT2D eigenvalue weighted by Crippen LogP contribution is 2.45. The maximum absolute atomic E-state index is 12.9. The summed E-state index contributed by atoms with van der Waals surface area (Å²) in [5.41, 5.74) is 3.09. The third-order valence-corrected chi connectivity index (χ3v) is 6.13. The first-order valence-electron chi connectivity index (χ1n) is 9.41. The summed E-state index contributed by atoms with van der Waals surface area (Å²) in [6, 6.07) is 0. The first kappa shape index (κ1) is 22.6. The molecule has 0 radical (unpaired) electrons. The van der Waals surface area contributed by atoms with Gasteiger partial charge in [-0.05, 0) is 33.1 Å². The van der Waals surface area contributed by atoms with Gasteiger partial charge in [-0.15, -0.1) is 11.3 Å². The van der Waals surface area contributed by atoms with Crippen molar-refractivity contribution < 1.29 is 39.1 Å². The standard InChI is InChI=1S/C18H22N4O8S/c1-17(2)9(14(26)22(17)30-18(15(27)28)4-3-5-18)6-11(23)13(21-29-7-12(24)25)10-8-31-16(19)20-10/h8-9H,3-7H2,1-2H3,(H2,19,20)(H,24,25)(H,27,28)/b21-13-/t9-/m1/s1. The molecule has 12 nitrogen and oxygen atoms in total. The molecule has 1 aliphatic carbocycles. The van der Waals surface area contributed by atoms with E-state index < -0.39 is 47.3 Å². The molecule has 3 rings (SSSR count). The zero-order valence-electron chi connectivity index (χ0n) is 16.9. The van der Waals surface area contributed by atoms with Crippen molar-refractivity contribution in [3.05, 3.63) is 11.1 Å². The molecular weight excluding hydrogens is 432 g/mol. The minimum absolute atomic E-state index is 0.106. The number of hydroxylamine groups is 2. The first-order valence-corrected chi connectivity index (χ1v) is 10.3. The number of oxime groups is 1. The summed E-state index contributed by atoms with van der Waals surface area (Å²) >= 11 is 1.06. The number of carbonyl (C=O) groups is 4. The van der Waals surface area contributed by atoms with Gasteiger partial charge in [0.05, 0.1) is 11.5 Å². The van der Waals surface area contributed by atoms with E-state index in [2.05, 4.69) is 10.1 Å². The monoisotopic (exact) mass is 454 g/mol. The van der Waals surface area contributed by atoms with Crippen molar-refractivity contribution in [3.63, 3.8) is 0 Å². The molecule has 0 bridgehead atoms. The van der Waals surface area contributed by atoms with Gasteiger partial charge in [0.1, 0.15) is 5.69 Å². The lowest BCUT2D eigenvalue weighted by Gasteiger charge is -2.55. The number of carboxylic acid groups (broad SMARTS) is 2. The molecule has 1 aromatic heterocycles. The number of hydrogen-bond donors (Lipinski definition) is 3. The zero-order chi connectivity index (χ0) is 23.0. The van der Waals surface area contributed by atoms with Crippen molar-refractivity contribution in [2.45, 2.75) is 50.7 Å². The molecule has 1 aliphatic heterocycles. The second-order valence-corrected chi connectivity index (χ2v) is 8.78. The number of aliphatic carboxylic acids is 2. The SMILES string of the molecule is CC1(C)[C@H](CC(=O)/C(=N\OCC(=O)O)c2csc(N)n2)C(=O)N1OC1(C(=O)O)CCC1. The fourth-order valence-electron chi connectivity index (χ4n) is 3.39.